The molecule has 0 aromatic rings. The molecule has 0 aromatic carbocycles. The third-order valence-electron chi connectivity index (χ3n) is 0.403. The Morgan fingerprint density at radius 1 is 1.17 bits per heavy atom. The second kappa shape index (κ2) is 84.0. The first-order chi connectivity index (χ1) is 5.91. The van der Waals surface area contributed by atoms with Crippen LogP contribution in [-0.4, -0.2) is 13.3 Å². The summed E-state index contributed by atoms with van der Waals surface area (Å²) in [4.78, 5) is 0. The first kappa shape index (κ1) is 22.5. The monoisotopic (exact) mass is 174 g/mol. The largest absolute Gasteiger partial charge is 0.313 e. The first-order valence-corrected chi connectivity index (χ1v) is 4.60. The molecule has 2 nitrogen and oxygen atoms in total. The fourth-order valence-electron chi connectivity index (χ4n) is 0.183. The van der Waals surface area contributed by atoms with Gasteiger partial charge in [-0.2, -0.15) is 5.10 Å². The summed E-state index contributed by atoms with van der Waals surface area (Å²) in [5.74, 6) is 0. The Kier molecular flexibility index (Phi) is 157. The molecule has 12 heavy (non-hydrogen) atoms. The molecule has 0 fully saturated rings. The molecule has 0 unspecified atom stereocenters. The van der Waals surface area contributed by atoms with Crippen molar-refractivity contribution in [3.8, 4) is 0 Å². The van der Waals surface area contributed by atoms with E-state index < -0.39 is 0 Å². The highest BCUT2D eigenvalue weighted by atomic mass is 15.3. The summed E-state index contributed by atoms with van der Waals surface area (Å²) in [6, 6.07) is 0. The van der Waals surface area contributed by atoms with Crippen LogP contribution in [0.1, 0.15) is 41.0 Å². The van der Waals surface area contributed by atoms with Gasteiger partial charge in [-0.3, -0.25) is 0 Å². The zero-order chi connectivity index (χ0) is 10.8. The predicted molar refractivity (Wildman–Crippen MR) is 61.8 cm³/mol. The minimum absolute atomic E-state index is 1.00. The Morgan fingerprint density at radius 3 is 1.58 bits per heavy atom. The minimum atomic E-state index is 1.00. The third kappa shape index (κ3) is 127. The molecule has 0 atom stereocenters. The van der Waals surface area contributed by atoms with Crippen molar-refractivity contribution in [1.82, 2.24) is 5.43 Å². The summed E-state index contributed by atoms with van der Waals surface area (Å²) in [5, 5.41) is 3.72. The van der Waals surface area contributed by atoms with E-state index in [1.807, 2.05) is 40.8 Å². The van der Waals surface area contributed by atoms with Gasteiger partial charge >= 0.3 is 0 Å². The summed E-state index contributed by atoms with van der Waals surface area (Å²) in [6.45, 7) is 16.0. The molecule has 0 bridgehead atoms. The van der Waals surface area contributed by atoms with Gasteiger partial charge in [-0.05, 0) is 6.42 Å². The number of hydrogen-bond donors (Lipinski definition) is 1. The van der Waals surface area contributed by atoms with Gasteiger partial charge in [0, 0.05) is 13.3 Å². The number of hydrazone groups is 1. The van der Waals surface area contributed by atoms with Crippen LogP contribution in [0, 0.1) is 0 Å². The Labute approximate surface area is 78.8 Å². The van der Waals surface area contributed by atoms with E-state index in [4.69, 9.17) is 0 Å². The van der Waals surface area contributed by atoms with Crippen LogP contribution in [0.3, 0.4) is 0 Å². The minimum Gasteiger partial charge on any atom is -0.313 e. The average Bonchev–Trinajstić information content (AvgIpc) is 2.24. The molecule has 0 saturated heterocycles. The number of hydrogen-bond acceptors (Lipinski definition) is 2. The first-order valence-electron chi connectivity index (χ1n) is 4.60. The van der Waals surface area contributed by atoms with Crippen LogP contribution in [0.2, 0.25) is 0 Å². The predicted octanol–water partition coefficient (Wildman–Crippen LogP) is 3.46. The van der Waals surface area contributed by atoms with Crippen molar-refractivity contribution in [2.24, 2.45) is 5.10 Å². The maximum Gasteiger partial charge on any atom is 0.0239 e. The molecule has 2 heteroatoms. The van der Waals surface area contributed by atoms with E-state index in [0.29, 0.717) is 0 Å². The molecule has 0 saturated carbocycles. The van der Waals surface area contributed by atoms with Crippen LogP contribution < -0.4 is 5.43 Å². The van der Waals surface area contributed by atoms with Crippen molar-refractivity contribution in [1.29, 1.82) is 0 Å². The summed E-state index contributed by atoms with van der Waals surface area (Å²) in [6.07, 6.45) is 2.82. The number of nitrogens with one attached hydrogen (secondary N) is 1. The van der Waals surface area contributed by atoms with Gasteiger partial charge in [0.1, 0.15) is 0 Å². The summed E-state index contributed by atoms with van der Waals surface area (Å²) in [5.41, 5.74) is 2.64. The molecule has 0 aliphatic rings. The van der Waals surface area contributed by atoms with Crippen molar-refractivity contribution < 1.29 is 0 Å². The van der Waals surface area contributed by atoms with Gasteiger partial charge in [0.15, 0.2) is 0 Å². The summed E-state index contributed by atoms with van der Waals surface area (Å²) in [7, 11) is 1.78. The highest BCUT2D eigenvalue weighted by molar-refractivity contribution is 5.55. The van der Waals surface area contributed by atoms with Gasteiger partial charge in [0.2, 0.25) is 0 Å². The topological polar surface area (TPSA) is 24.4 Å². The van der Waals surface area contributed by atoms with Crippen molar-refractivity contribution in [2.75, 3.05) is 7.05 Å². The molecule has 0 aliphatic carbocycles. The highest BCUT2D eigenvalue weighted by Gasteiger charge is 1.57. The van der Waals surface area contributed by atoms with Crippen LogP contribution >= 0.6 is 0 Å². The molecule has 0 radical (unpaired) electrons. The van der Waals surface area contributed by atoms with Gasteiger partial charge in [-0.15, -0.1) is 13.2 Å². The van der Waals surface area contributed by atoms with E-state index >= 15 is 0 Å². The van der Waals surface area contributed by atoms with Gasteiger partial charge in [0.05, 0.1) is 0 Å². The van der Waals surface area contributed by atoms with Crippen LogP contribution in [0.4, 0.5) is 0 Å². The van der Waals surface area contributed by atoms with Crippen molar-refractivity contribution in [3.05, 3.63) is 13.2 Å². The lowest BCUT2D eigenvalue weighted by Gasteiger charge is -1.79. The highest BCUT2D eigenvalue weighted by Crippen LogP contribution is 1.61. The lowest BCUT2D eigenvalue weighted by molar-refractivity contribution is 0.901. The van der Waals surface area contributed by atoms with E-state index in [2.05, 4.69) is 23.7 Å². The average molecular weight is 174 g/mol. The Morgan fingerprint density at radius 2 is 1.50 bits per heavy atom. The molecule has 0 aromatic heterocycles. The van der Waals surface area contributed by atoms with E-state index in [0.717, 1.165) is 6.42 Å². The standard InChI is InChI=1S/C4H10N2.2C2H6.C2H4/c1-3-4-6-5-2;3*1-2/h4-5H,3H2,1-2H3;2*1-2H3;1-2H2/b6-4-;;;. The van der Waals surface area contributed by atoms with Crippen LogP contribution in [0.15, 0.2) is 18.3 Å². The molecular weight excluding hydrogens is 148 g/mol. The molecule has 0 aliphatic heterocycles. The molecule has 0 rings (SSSR count). The second-order valence-electron chi connectivity index (χ2n) is 0.944. The normalized spacial score (nSPS) is 6.17. The van der Waals surface area contributed by atoms with Crippen LogP contribution in [0.25, 0.3) is 0 Å². The van der Waals surface area contributed by atoms with Gasteiger partial charge < -0.3 is 5.43 Å². The van der Waals surface area contributed by atoms with Crippen LogP contribution in [0.5, 0.6) is 0 Å². The quantitative estimate of drug-likeness (QED) is 0.387. The van der Waals surface area contributed by atoms with E-state index in [-0.39, 0.29) is 0 Å². The Hall–Kier alpha value is -0.790. The van der Waals surface area contributed by atoms with Gasteiger partial charge in [-0.1, -0.05) is 34.6 Å². The summed E-state index contributed by atoms with van der Waals surface area (Å²) < 4.78 is 0. The Balaban J connectivity index is -0.0000000453. The zero-order valence-electron chi connectivity index (χ0n) is 9.65. The number of nitrogens with zero attached hydrogens (tertiary/aromatic N) is 1. The van der Waals surface area contributed by atoms with E-state index in [1.54, 1.807) is 7.05 Å². The fraction of sp³-hybridized carbons (Fsp3) is 0.700. The maximum absolute atomic E-state index is 3.72. The smallest absolute Gasteiger partial charge is 0.0239 e. The van der Waals surface area contributed by atoms with E-state index in [1.165, 1.54) is 0 Å². The van der Waals surface area contributed by atoms with Gasteiger partial charge in [0.25, 0.3) is 0 Å². The van der Waals surface area contributed by atoms with Crippen molar-refractivity contribution in [3.63, 3.8) is 0 Å². The Bertz CT molecular complexity index is 45.8. The molecule has 0 heterocycles. The maximum atomic E-state index is 3.72. The third-order valence-corrected chi connectivity index (χ3v) is 0.403. The molecule has 76 valence electrons. The van der Waals surface area contributed by atoms with Crippen molar-refractivity contribution >= 4 is 6.21 Å². The molecule has 1 N–H and O–H groups in total. The lowest BCUT2D eigenvalue weighted by Crippen LogP contribution is -1.92. The lowest BCUT2D eigenvalue weighted by atomic mass is 10.6. The van der Waals surface area contributed by atoms with E-state index in [9.17, 15) is 0 Å². The number of rotatable bonds is 2. The molecular formula is C10H26N2. The zero-order valence-corrected chi connectivity index (χ0v) is 9.65. The fourth-order valence-corrected chi connectivity index (χ4v) is 0.183. The van der Waals surface area contributed by atoms with Crippen molar-refractivity contribution in [2.45, 2.75) is 41.0 Å². The molecule has 0 spiro atoms. The molecule has 0 amide bonds. The summed E-state index contributed by atoms with van der Waals surface area (Å²) >= 11 is 0. The SMILES string of the molecule is C=C.CC.CC.CC/C=N\NC. The van der Waals surface area contributed by atoms with Gasteiger partial charge in [-0.25, -0.2) is 0 Å². The second-order valence-corrected chi connectivity index (χ2v) is 0.944. The van der Waals surface area contributed by atoms with Crippen LogP contribution in [-0.2, 0) is 0 Å².